The first-order valence-electron chi connectivity index (χ1n) is 8.35. The van der Waals surface area contributed by atoms with Crippen molar-refractivity contribution in [3.63, 3.8) is 0 Å². The second-order valence-electron chi connectivity index (χ2n) is 6.31. The highest BCUT2D eigenvalue weighted by Crippen LogP contribution is 2.19. The van der Waals surface area contributed by atoms with Crippen LogP contribution in [0.3, 0.4) is 0 Å². The Morgan fingerprint density at radius 1 is 1.23 bits per heavy atom. The highest BCUT2D eigenvalue weighted by atomic mass is 16.2. The third-order valence-electron chi connectivity index (χ3n) is 4.41. The van der Waals surface area contributed by atoms with Crippen molar-refractivity contribution in [3.05, 3.63) is 41.0 Å². The number of aryl methyl sites for hydroxylation is 2. The minimum atomic E-state index is -0.220. The summed E-state index contributed by atoms with van der Waals surface area (Å²) >= 11 is 0. The van der Waals surface area contributed by atoms with E-state index in [0.29, 0.717) is 0 Å². The van der Waals surface area contributed by atoms with Crippen molar-refractivity contribution in [2.75, 3.05) is 11.9 Å². The van der Waals surface area contributed by atoms with Gasteiger partial charge in [-0.2, -0.15) is 0 Å². The molecule has 0 saturated carbocycles. The number of benzene rings is 1. The van der Waals surface area contributed by atoms with E-state index in [4.69, 9.17) is 0 Å². The summed E-state index contributed by atoms with van der Waals surface area (Å²) in [4.78, 5) is 12.1. The highest BCUT2D eigenvalue weighted by Gasteiger charge is 2.12. The molecule has 0 fully saturated rings. The number of allylic oxidation sites excluding steroid dienone is 1. The van der Waals surface area contributed by atoms with E-state index >= 15 is 0 Å². The third kappa shape index (κ3) is 4.90. The van der Waals surface area contributed by atoms with Gasteiger partial charge in [-0.15, -0.1) is 0 Å². The topological polar surface area (TPSA) is 41.1 Å². The maximum Gasteiger partial charge on any atom is 0.242 e. The van der Waals surface area contributed by atoms with Crippen molar-refractivity contribution in [2.24, 2.45) is 0 Å². The monoisotopic (exact) mass is 300 g/mol. The SMILES string of the molecule is Cc1ccc(NC(C)C(=O)NCCC2=CCCCC2)cc1C. The van der Waals surface area contributed by atoms with Gasteiger partial charge in [-0.05, 0) is 76.1 Å². The van der Waals surface area contributed by atoms with Gasteiger partial charge in [0.25, 0.3) is 0 Å². The van der Waals surface area contributed by atoms with E-state index in [0.717, 1.165) is 18.7 Å². The van der Waals surface area contributed by atoms with Crippen LogP contribution in [0.1, 0.15) is 50.2 Å². The molecule has 0 radical (unpaired) electrons. The van der Waals surface area contributed by atoms with Gasteiger partial charge in [0.1, 0.15) is 6.04 Å². The van der Waals surface area contributed by atoms with Crippen LogP contribution in [-0.4, -0.2) is 18.5 Å². The van der Waals surface area contributed by atoms with Gasteiger partial charge in [-0.1, -0.05) is 17.7 Å². The Labute approximate surface area is 134 Å². The van der Waals surface area contributed by atoms with Crippen LogP contribution in [0.15, 0.2) is 29.8 Å². The molecule has 1 aliphatic rings. The minimum Gasteiger partial charge on any atom is -0.374 e. The minimum absolute atomic E-state index is 0.0645. The largest absolute Gasteiger partial charge is 0.374 e. The van der Waals surface area contributed by atoms with Crippen LogP contribution in [0.4, 0.5) is 5.69 Å². The normalized spacial score (nSPS) is 15.9. The van der Waals surface area contributed by atoms with Gasteiger partial charge in [0.15, 0.2) is 0 Å². The molecule has 1 aliphatic carbocycles. The van der Waals surface area contributed by atoms with Crippen molar-refractivity contribution >= 4 is 11.6 Å². The zero-order valence-corrected chi connectivity index (χ0v) is 14.0. The van der Waals surface area contributed by atoms with E-state index < -0.39 is 0 Å². The first kappa shape index (κ1) is 16.6. The molecule has 120 valence electrons. The van der Waals surface area contributed by atoms with Crippen LogP contribution >= 0.6 is 0 Å². The summed E-state index contributed by atoms with van der Waals surface area (Å²) in [5.41, 5.74) is 5.01. The predicted octanol–water partition coefficient (Wildman–Crippen LogP) is 4.11. The summed E-state index contributed by atoms with van der Waals surface area (Å²) in [6.45, 7) is 6.83. The van der Waals surface area contributed by atoms with Gasteiger partial charge in [0, 0.05) is 12.2 Å². The fourth-order valence-electron chi connectivity index (χ4n) is 2.78. The van der Waals surface area contributed by atoms with E-state index in [-0.39, 0.29) is 11.9 Å². The van der Waals surface area contributed by atoms with Crippen LogP contribution in [0.5, 0.6) is 0 Å². The summed E-state index contributed by atoms with van der Waals surface area (Å²) in [7, 11) is 0. The number of amides is 1. The molecule has 1 aromatic carbocycles. The van der Waals surface area contributed by atoms with E-state index in [1.807, 2.05) is 13.0 Å². The lowest BCUT2D eigenvalue weighted by atomic mass is 9.97. The number of anilines is 1. The summed E-state index contributed by atoms with van der Waals surface area (Å²) in [5.74, 6) is 0.0645. The van der Waals surface area contributed by atoms with Crippen LogP contribution < -0.4 is 10.6 Å². The smallest absolute Gasteiger partial charge is 0.242 e. The Kier molecular flexibility index (Phi) is 6.05. The van der Waals surface area contributed by atoms with Crippen LogP contribution in [-0.2, 0) is 4.79 Å². The first-order chi connectivity index (χ1) is 10.6. The second-order valence-corrected chi connectivity index (χ2v) is 6.31. The van der Waals surface area contributed by atoms with Gasteiger partial charge in [0.2, 0.25) is 5.91 Å². The Morgan fingerprint density at radius 2 is 2.05 bits per heavy atom. The molecule has 1 unspecified atom stereocenters. The average molecular weight is 300 g/mol. The lowest BCUT2D eigenvalue weighted by Crippen LogP contribution is -2.38. The van der Waals surface area contributed by atoms with Gasteiger partial charge in [0.05, 0.1) is 0 Å². The molecular weight excluding hydrogens is 272 g/mol. The molecule has 0 aliphatic heterocycles. The molecule has 0 saturated heterocycles. The summed E-state index contributed by atoms with van der Waals surface area (Å²) in [6.07, 6.45) is 8.34. The number of carbonyl (C=O) groups excluding carboxylic acids is 1. The fraction of sp³-hybridized carbons (Fsp3) is 0.526. The maximum absolute atomic E-state index is 12.1. The van der Waals surface area contributed by atoms with Crippen molar-refractivity contribution in [1.29, 1.82) is 0 Å². The molecule has 22 heavy (non-hydrogen) atoms. The second kappa shape index (κ2) is 8.02. The van der Waals surface area contributed by atoms with Gasteiger partial charge < -0.3 is 10.6 Å². The Bertz CT molecular complexity index is 548. The van der Waals surface area contributed by atoms with Crippen LogP contribution in [0.2, 0.25) is 0 Å². The molecule has 0 heterocycles. The zero-order valence-electron chi connectivity index (χ0n) is 14.0. The lowest BCUT2D eigenvalue weighted by molar-refractivity contribution is -0.121. The molecule has 3 nitrogen and oxygen atoms in total. The molecule has 2 rings (SSSR count). The van der Waals surface area contributed by atoms with Crippen molar-refractivity contribution in [1.82, 2.24) is 5.32 Å². The number of rotatable bonds is 6. The summed E-state index contributed by atoms with van der Waals surface area (Å²) < 4.78 is 0. The van der Waals surface area contributed by atoms with Crippen molar-refractivity contribution < 1.29 is 4.79 Å². The van der Waals surface area contributed by atoms with Crippen LogP contribution in [0.25, 0.3) is 0 Å². The molecule has 0 aromatic heterocycles. The summed E-state index contributed by atoms with van der Waals surface area (Å²) in [6, 6.07) is 5.98. The molecule has 1 amide bonds. The molecule has 1 atom stereocenters. The van der Waals surface area contributed by atoms with Crippen molar-refractivity contribution in [3.8, 4) is 0 Å². The number of hydrogen-bond acceptors (Lipinski definition) is 2. The molecule has 3 heteroatoms. The molecule has 2 N–H and O–H groups in total. The molecule has 0 spiro atoms. The van der Waals surface area contributed by atoms with Gasteiger partial charge >= 0.3 is 0 Å². The van der Waals surface area contributed by atoms with E-state index in [1.165, 1.54) is 42.4 Å². The third-order valence-corrected chi connectivity index (χ3v) is 4.41. The number of carbonyl (C=O) groups is 1. The number of nitrogens with one attached hydrogen (secondary N) is 2. The van der Waals surface area contributed by atoms with E-state index in [9.17, 15) is 4.79 Å². The Balaban J connectivity index is 1.76. The Morgan fingerprint density at radius 3 is 2.73 bits per heavy atom. The maximum atomic E-state index is 12.1. The summed E-state index contributed by atoms with van der Waals surface area (Å²) in [5, 5.41) is 6.31. The Hall–Kier alpha value is -1.77. The zero-order chi connectivity index (χ0) is 15.9. The first-order valence-corrected chi connectivity index (χ1v) is 8.35. The number of hydrogen-bond donors (Lipinski definition) is 2. The van der Waals surface area contributed by atoms with Crippen LogP contribution in [0, 0.1) is 13.8 Å². The average Bonchev–Trinajstić information content (AvgIpc) is 2.52. The van der Waals surface area contributed by atoms with Gasteiger partial charge in [-0.25, -0.2) is 0 Å². The van der Waals surface area contributed by atoms with E-state index in [2.05, 4.69) is 42.7 Å². The lowest BCUT2D eigenvalue weighted by Gasteiger charge is -2.17. The molecule has 0 bridgehead atoms. The quantitative estimate of drug-likeness (QED) is 0.776. The fourth-order valence-corrected chi connectivity index (χ4v) is 2.78. The van der Waals surface area contributed by atoms with Crippen molar-refractivity contribution in [2.45, 2.75) is 58.9 Å². The van der Waals surface area contributed by atoms with E-state index in [1.54, 1.807) is 0 Å². The molecular formula is C19H28N2O. The molecule has 1 aromatic rings. The highest BCUT2D eigenvalue weighted by molar-refractivity contribution is 5.84. The standard InChI is InChI=1S/C19H28N2O/c1-14-9-10-18(13-15(14)2)21-16(3)19(22)20-12-11-17-7-5-4-6-8-17/h7,9-10,13,16,21H,4-6,8,11-12H2,1-3H3,(H,20,22). The predicted molar refractivity (Wildman–Crippen MR) is 93.2 cm³/mol. The van der Waals surface area contributed by atoms with Gasteiger partial charge in [-0.3, -0.25) is 4.79 Å².